The van der Waals surface area contributed by atoms with Crippen LogP contribution in [0.5, 0.6) is 0 Å². The summed E-state index contributed by atoms with van der Waals surface area (Å²) in [5.74, 6) is 5.66. The van der Waals surface area contributed by atoms with Crippen molar-refractivity contribution in [3.05, 3.63) is 34.9 Å². The number of hydrazine groups is 1. The molecule has 0 spiro atoms. The number of nitrogens with two attached hydrogens (primary N) is 1. The predicted octanol–water partition coefficient (Wildman–Crippen LogP) is 2.62. The van der Waals surface area contributed by atoms with Crippen molar-refractivity contribution in [2.75, 3.05) is 7.11 Å². The second-order valence-corrected chi connectivity index (χ2v) is 5.31. The maximum Gasteiger partial charge on any atom is 0.0641 e. The smallest absolute Gasteiger partial charge is 0.0641 e. The Morgan fingerprint density at radius 3 is 2.18 bits per heavy atom. The number of hydrogen-bond acceptors (Lipinski definition) is 3. The lowest BCUT2D eigenvalue weighted by Crippen LogP contribution is -2.35. The van der Waals surface area contributed by atoms with Gasteiger partial charge in [0.05, 0.1) is 5.60 Å². The van der Waals surface area contributed by atoms with Gasteiger partial charge in [-0.05, 0) is 39.7 Å². The molecule has 3 nitrogen and oxygen atoms in total. The Hall–Kier alpha value is -0.900. The molecule has 0 bridgehead atoms. The number of benzene rings is 1. The van der Waals surface area contributed by atoms with Crippen molar-refractivity contribution in [3.63, 3.8) is 0 Å². The van der Waals surface area contributed by atoms with Crippen LogP contribution >= 0.6 is 0 Å². The molecule has 1 unspecified atom stereocenters. The minimum atomic E-state index is -0.186. The molecule has 0 radical (unpaired) electrons. The summed E-state index contributed by atoms with van der Waals surface area (Å²) in [5, 5.41) is 0. The van der Waals surface area contributed by atoms with Crippen molar-refractivity contribution in [3.8, 4) is 0 Å². The number of aryl methyl sites for hydroxylation is 2. The van der Waals surface area contributed by atoms with E-state index in [1.165, 1.54) is 16.7 Å². The third-order valence-corrected chi connectivity index (χ3v) is 3.10. The first-order valence-corrected chi connectivity index (χ1v) is 5.97. The molecule has 1 aromatic carbocycles. The lowest BCUT2D eigenvalue weighted by Gasteiger charge is -2.28. The fourth-order valence-electron chi connectivity index (χ4n) is 2.06. The summed E-state index contributed by atoms with van der Waals surface area (Å²) in [7, 11) is 1.73. The van der Waals surface area contributed by atoms with Crippen molar-refractivity contribution < 1.29 is 4.74 Å². The standard InChI is InChI=1S/C14H24N2O/c1-10-6-11(2)8-12(7-10)13(16-15)9-14(3,4)17-5/h6-8,13,16H,9,15H2,1-5H3. The van der Waals surface area contributed by atoms with Crippen molar-refractivity contribution in [2.45, 2.75) is 45.8 Å². The number of nitrogens with one attached hydrogen (secondary N) is 1. The monoisotopic (exact) mass is 236 g/mol. The molecule has 3 N–H and O–H groups in total. The second kappa shape index (κ2) is 5.63. The van der Waals surface area contributed by atoms with Crippen LogP contribution in [0.3, 0.4) is 0 Å². The molecule has 96 valence electrons. The van der Waals surface area contributed by atoms with Gasteiger partial charge < -0.3 is 4.74 Å². The van der Waals surface area contributed by atoms with Gasteiger partial charge in [0, 0.05) is 13.2 Å². The van der Waals surface area contributed by atoms with E-state index in [1.807, 2.05) is 0 Å². The van der Waals surface area contributed by atoms with E-state index in [2.05, 4.69) is 51.3 Å². The highest BCUT2D eigenvalue weighted by molar-refractivity contribution is 5.30. The maximum absolute atomic E-state index is 5.66. The summed E-state index contributed by atoms with van der Waals surface area (Å²) in [6.45, 7) is 8.34. The molecule has 1 aromatic rings. The Morgan fingerprint density at radius 1 is 1.24 bits per heavy atom. The van der Waals surface area contributed by atoms with Gasteiger partial charge in [0.25, 0.3) is 0 Å². The van der Waals surface area contributed by atoms with Crippen LogP contribution in [0.15, 0.2) is 18.2 Å². The van der Waals surface area contributed by atoms with Gasteiger partial charge in [-0.2, -0.15) is 0 Å². The van der Waals surface area contributed by atoms with E-state index < -0.39 is 0 Å². The third-order valence-electron chi connectivity index (χ3n) is 3.10. The van der Waals surface area contributed by atoms with Gasteiger partial charge >= 0.3 is 0 Å². The van der Waals surface area contributed by atoms with Crippen molar-refractivity contribution >= 4 is 0 Å². The molecule has 0 saturated heterocycles. The van der Waals surface area contributed by atoms with E-state index in [0.29, 0.717) is 0 Å². The first kappa shape index (κ1) is 14.2. The van der Waals surface area contributed by atoms with Gasteiger partial charge in [-0.1, -0.05) is 29.3 Å². The van der Waals surface area contributed by atoms with E-state index in [9.17, 15) is 0 Å². The van der Waals surface area contributed by atoms with Crippen molar-refractivity contribution in [1.29, 1.82) is 0 Å². The van der Waals surface area contributed by atoms with E-state index in [0.717, 1.165) is 6.42 Å². The molecule has 0 aliphatic heterocycles. The molecular weight excluding hydrogens is 212 g/mol. The van der Waals surface area contributed by atoms with Crippen LogP contribution < -0.4 is 11.3 Å². The maximum atomic E-state index is 5.66. The highest BCUT2D eigenvalue weighted by Gasteiger charge is 2.23. The van der Waals surface area contributed by atoms with E-state index in [4.69, 9.17) is 10.6 Å². The quantitative estimate of drug-likeness (QED) is 0.610. The van der Waals surface area contributed by atoms with Crippen LogP contribution in [-0.2, 0) is 4.74 Å². The molecule has 1 rings (SSSR count). The Morgan fingerprint density at radius 2 is 1.76 bits per heavy atom. The molecule has 0 saturated carbocycles. The SMILES string of the molecule is COC(C)(C)CC(NN)c1cc(C)cc(C)c1. The minimum Gasteiger partial charge on any atom is -0.379 e. The summed E-state index contributed by atoms with van der Waals surface area (Å²) in [4.78, 5) is 0. The molecule has 0 heterocycles. The fourth-order valence-corrected chi connectivity index (χ4v) is 2.06. The van der Waals surface area contributed by atoms with Crippen molar-refractivity contribution in [1.82, 2.24) is 5.43 Å². The van der Waals surface area contributed by atoms with Crippen LogP contribution in [0, 0.1) is 13.8 Å². The average Bonchev–Trinajstić information content (AvgIpc) is 2.24. The third kappa shape index (κ3) is 4.11. The highest BCUT2D eigenvalue weighted by atomic mass is 16.5. The van der Waals surface area contributed by atoms with Gasteiger partial charge in [-0.25, -0.2) is 0 Å². The summed E-state index contributed by atoms with van der Waals surface area (Å²) >= 11 is 0. The molecule has 17 heavy (non-hydrogen) atoms. The van der Waals surface area contributed by atoms with Crippen LogP contribution in [-0.4, -0.2) is 12.7 Å². The highest BCUT2D eigenvalue weighted by Crippen LogP contribution is 2.26. The lowest BCUT2D eigenvalue weighted by atomic mass is 9.92. The van der Waals surface area contributed by atoms with Crippen LogP contribution in [0.1, 0.15) is 43.0 Å². The number of rotatable bonds is 5. The first-order chi connectivity index (χ1) is 7.88. The zero-order valence-corrected chi connectivity index (χ0v) is 11.5. The Labute approximate surface area is 104 Å². The Balaban J connectivity index is 2.93. The Bertz CT molecular complexity index is 354. The first-order valence-electron chi connectivity index (χ1n) is 5.97. The molecular formula is C14H24N2O. The van der Waals surface area contributed by atoms with Gasteiger partial charge in [-0.3, -0.25) is 11.3 Å². The van der Waals surface area contributed by atoms with Crippen LogP contribution in [0.2, 0.25) is 0 Å². The normalized spacial score (nSPS) is 13.8. The molecule has 0 aliphatic carbocycles. The molecule has 0 fully saturated rings. The van der Waals surface area contributed by atoms with Gasteiger partial charge in [0.2, 0.25) is 0 Å². The molecule has 3 heteroatoms. The lowest BCUT2D eigenvalue weighted by molar-refractivity contribution is 0.00680. The zero-order chi connectivity index (χ0) is 13.1. The van der Waals surface area contributed by atoms with Crippen molar-refractivity contribution in [2.24, 2.45) is 5.84 Å². The zero-order valence-electron chi connectivity index (χ0n) is 11.5. The number of ether oxygens (including phenoxy) is 1. The van der Waals surface area contributed by atoms with Crippen LogP contribution in [0.25, 0.3) is 0 Å². The predicted molar refractivity (Wildman–Crippen MR) is 71.7 cm³/mol. The number of methoxy groups -OCH3 is 1. The molecule has 1 atom stereocenters. The van der Waals surface area contributed by atoms with Gasteiger partial charge in [0.15, 0.2) is 0 Å². The van der Waals surface area contributed by atoms with Crippen LogP contribution in [0.4, 0.5) is 0 Å². The summed E-state index contributed by atoms with van der Waals surface area (Å²) in [6, 6.07) is 6.62. The van der Waals surface area contributed by atoms with Gasteiger partial charge in [0.1, 0.15) is 0 Å². The fraction of sp³-hybridized carbons (Fsp3) is 0.571. The average molecular weight is 236 g/mol. The summed E-state index contributed by atoms with van der Waals surface area (Å²) < 4.78 is 5.46. The molecule has 0 amide bonds. The summed E-state index contributed by atoms with van der Waals surface area (Å²) in [6.07, 6.45) is 0.836. The largest absolute Gasteiger partial charge is 0.379 e. The Kier molecular flexibility index (Phi) is 4.69. The van der Waals surface area contributed by atoms with E-state index in [1.54, 1.807) is 7.11 Å². The second-order valence-electron chi connectivity index (χ2n) is 5.31. The van der Waals surface area contributed by atoms with Gasteiger partial charge in [-0.15, -0.1) is 0 Å². The molecule has 0 aromatic heterocycles. The molecule has 0 aliphatic rings. The topological polar surface area (TPSA) is 47.3 Å². The minimum absolute atomic E-state index is 0.114. The number of hydrogen-bond donors (Lipinski definition) is 2. The van der Waals surface area contributed by atoms with E-state index in [-0.39, 0.29) is 11.6 Å². The van der Waals surface area contributed by atoms with E-state index >= 15 is 0 Å². The summed E-state index contributed by atoms with van der Waals surface area (Å²) in [5.41, 5.74) is 6.43.